The minimum absolute atomic E-state index is 0.122. The van der Waals surface area contributed by atoms with Crippen LogP contribution in [0.2, 0.25) is 0 Å². The first kappa shape index (κ1) is 17.7. The molecule has 130 valence electrons. The van der Waals surface area contributed by atoms with Crippen molar-refractivity contribution in [1.29, 1.82) is 0 Å². The van der Waals surface area contributed by atoms with Crippen LogP contribution in [-0.4, -0.2) is 16.7 Å². The van der Waals surface area contributed by atoms with Gasteiger partial charge in [-0.1, -0.05) is 59.9 Å². The van der Waals surface area contributed by atoms with Crippen molar-refractivity contribution in [1.82, 2.24) is 4.98 Å². The molecule has 0 unspecified atom stereocenters. The van der Waals surface area contributed by atoms with Crippen LogP contribution >= 0.6 is 11.3 Å². The third kappa shape index (κ3) is 4.10. The van der Waals surface area contributed by atoms with E-state index in [1.807, 2.05) is 30.3 Å². The van der Waals surface area contributed by atoms with Gasteiger partial charge in [-0.15, -0.1) is 0 Å². The predicted molar refractivity (Wildman–Crippen MR) is 102 cm³/mol. The number of amides is 1. The molecule has 0 aliphatic heterocycles. The highest BCUT2D eigenvalue weighted by molar-refractivity contribution is 7.18. The van der Waals surface area contributed by atoms with Crippen LogP contribution in [0, 0.1) is 5.82 Å². The summed E-state index contributed by atoms with van der Waals surface area (Å²) in [6.07, 6.45) is 2.62. The molecule has 2 aromatic carbocycles. The monoisotopic (exact) mass is 366 g/mol. The van der Waals surface area contributed by atoms with Gasteiger partial charge in [-0.3, -0.25) is 14.9 Å². The number of rotatable bonds is 5. The quantitative estimate of drug-likeness (QED) is 0.521. The van der Waals surface area contributed by atoms with E-state index in [1.165, 1.54) is 25.1 Å². The molecule has 0 atom stereocenters. The minimum atomic E-state index is -0.447. The van der Waals surface area contributed by atoms with E-state index in [2.05, 4.69) is 10.3 Å². The van der Waals surface area contributed by atoms with E-state index >= 15 is 0 Å². The Balaban J connectivity index is 1.81. The lowest BCUT2D eigenvalue weighted by molar-refractivity contribution is -0.111. The van der Waals surface area contributed by atoms with Gasteiger partial charge < -0.3 is 0 Å². The Kier molecular flexibility index (Phi) is 5.34. The second-order valence-corrected chi connectivity index (χ2v) is 6.46. The first-order valence-corrected chi connectivity index (χ1v) is 8.67. The van der Waals surface area contributed by atoms with Gasteiger partial charge in [0.25, 0.3) is 0 Å². The molecule has 1 aromatic heterocycles. The molecular formula is C20H15FN2O2S. The zero-order valence-electron chi connectivity index (χ0n) is 13.9. The molecule has 3 aromatic rings. The molecule has 0 aliphatic rings. The average Bonchev–Trinajstić information content (AvgIpc) is 3.06. The minimum Gasteiger partial charge on any atom is -0.298 e. The summed E-state index contributed by atoms with van der Waals surface area (Å²) in [6, 6.07) is 15.5. The molecular weight excluding hydrogens is 351 g/mol. The molecule has 0 fully saturated rings. The molecule has 26 heavy (non-hydrogen) atoms. The van der Waals surface area contributed by atoms with Crippen molar-refractivity contribution in [2.75, 3.05) is 5.32 Å². The highest BCUT2D eigenvalue weighted by atomic mass is 32.1. The van der Waals surface area contributed by atoms with Crippen LogP contribution in [0.4, 0.5) is 9.52 Å². The number of aromatic nitrogens is 1. The molecule has 1 heterocycles. The molecule has 1 N–H and O–H groups in total. The molecule has 3 rings (SSSR count). The maximum atomic E-state index is 13.6. The van der Waals surface area contributed by atoms with Crippen molar-refractivity contribution >= 4 is 34.2 Å². The van der Waals surface area contributed by atoms with Crippen LogP contribution in [0.3, 0.4) is 0 Å². The van der Waals surface area contributed by atoms with E-state index in [-0.39, 0.29) is 5.78 Å². The van der Waals surface area contributed by atoms with E-state index in [1.54, 1.807) is 18.2 Å². The van der Waals surface area contributed by atoms with E-state index in [9.17, 15) is 14.0 Å². The van der Waals surface area contributed by atoms with Crippen LogP contribution in [0.25, 0.3) is 17.3 Å². The summed E-state index contributed by atoms with van der Waals surface area (Å²) in [5.74, 6) is -0.975. The summed E-state index contributed by atoms with van der Waals surface area (Å²) in [7, 11) is 0. The highest BCUT2D eigenvalue weighted by Crippen LogP contribution is 2.31. The van der Waals surface area contributed by atoms with Gasteiger partial charge in [0.05, 0.1) is 10.6 Å². The molecule has 6 heteroatoms. The number of nitrogens with zero attached hydrogens (tertiary/aromatic N) is 1. The smallest absolute Gasteiger partial charge is 0.250 e. The van der Waals surface area contributed by atoms with Gasteiger partial charge in [-0.05, 0) is 12.1 Å². The number of carbonyl (C=O) groups is 2. The zero-order valence-corrected chi connectivity index (χ0v) is 14.7. The maximum absolute atomic E-state index is 13.6. The Labute approximate surface area is 154 Å². The summed E-state index contributed by atoms with van der Waals surface area (Å²) >= 11 is 1.12. The molecule has 1 amide bonds. The lowest BCUT2D eigenvalue weighted by Gasteiger charge is -1.98. The number of hydrogen-bond acceptors (Lipinski definition) is 4. The van der Waals surface area contributed by atoms with Crippen molar-refractivity contribution in [2.24, 2.45) is 0 Å². The van der Waals surface area contributed by atoms with Gasteiger partial charge in [-0.2, -0.15) is 0 Å². The average molecular weight is 366 g/mol. The van der Waals surface area contributed by atoms with Crippen molar-refractivity contribution < 1.29 is 14.0 Å². The topological polar surface area (TPSA) is 59.1 Å². The SMILES string of the molecule is CC(=O)c1sc(NC(=O)/C=C/c2ccccc2F)nc1-c1ccccc1. The Morgan fingerprint density at radius 2 is 1.77 bits per heavy atom. The Bertz CT molecular complexity index is 980. The number of Topliss-reactive ketones (excluding diaryl/α,β-unsaturated/α-hetero) is 1. The number of hydrogen-bond donors (Lipinski definition) is 1. The summed E-state index contributed by atoms with van der Waals surface area (Å²) in [5.41, 5.74) is 1.66. The standard InChI is InChI=1S/C20H15FN2O2S/c1-13(24)19-18(15-8-3-2-4-9-15)23-20(26-19)22-17(25)12-11-14-7-5-6-10-16(14)21/h2-12H,1H3,(H,22,23,25)/b12-11+. The van der Waals surface area contributed by atoms with Gasteiger partial charge in [0.1, 0.15) is 5.82 Å². The van der Waals surface area contributed by atoms with Crippen molar-refractivity contribution in [2.45, 2.75) is 6.92 Å². The Hall–Kier alpha value is -3.12. The normalized spacial score (nSPS) is 10.8. The van der Waals surface area contributed by atoms with E-state index in [0.717, 1.165) is 16.9 Å². The molecule has 0 spiro atoms. The number of anilines is 1. The molecule has 0 saturated carbocycles. The van der Waals surface area contributed by atoms with Gasteiger partial charge in [0.2, 0.25) is 5.91 Å². The van der Waals surface area contributed by atoms with E-state index < -0.39 is 11.7 Å². The lowest BCUT2D eigenvalue weighted by atomic mass is 10.1. The fourth-order valence-corrected chi connectivity index (χ4v) is 3.21. The molecule has 4 nitrogen and oxygen atoms in total. The van der Waals surface area contributed by atoms with E-state index in [4.69, 9.17) is 0 Å². The predicted octanol–water partition coefficient (Wildman–Crippen LogP) is 4.80. The fourth-order valence-electron chi connectivity index (χ4n) is 2.33. The second-order valence-electron chi connectivity index (χ2n) is 5.46. The number of nitrogens with one attached hydrogen (secondary N) is 1. The van der Waals surface area contributed by atoms with Crippen LogP contribution in [0.15, 0.2) is 60.7 Å². The number of thiazole rings is 1. The Morgan fingerprint density at radius 1 is 1.08 bits per heavy atom. The fraction of sp³-hybridized carbons (Fsp3) is 0.0500. The van der Waals surface area contributed by atoms with Gasteiger partial charge in [0.15, 0.2) is 10.9 Å². The van der Waals surface area contributed by atoms with Crippen LogP contribution in [0.5, 0.6) is 0 Å². The number of ketones is 1. The number of halogens is 1. The van der Waals surface area contributed by atoms with Crippen LogP contribution in [-0.2, 0) is 4.79 Å². The van der Waals surface area contributed by atoms with Crippen molar-refractivity contribution in [3.05, 3.63) is 76.9 Å². The Morgan fingerprint density at radius 3 is 2.46 bits per heavy atom. The molecule has 0 radical (unpaired) electrons. The molecule has 0 saturated heterocycles. The first-order valence-electron chi connectivity index (χ1n) is 7.85. The molecule has 0 bridgehead atoms. The van der Waals surface area contributed by atoms with Crippen molar-refractivity contribution in [3.8, 4) is 11.3 Å². The van der Waals surface area contributed by atoms with Gasteiger partial charge >= 0.3 is 0 Å². The van der Waals surface area contributed by atoms with E-state index in [0.29, 0.717) is 21.3 Å². The third-order valence-corrected chi connectivity index (χ3v) is 4.62. The maximum Gasteiger partial charge on any atom is 0.250 e. The second kappa shape index (κ2) is 7.84. The number of benzene rings is 2. The number of carbonyl (C=O) groups excluding carboxylic acids is 2. The summed E-state index contributed by atoms with van der Waals surface area (Å²) in [6.45, 7) is 1.46. The highest BCUT2D eigenvalue weighted by Gasteiger charge is 2.17. The lowest BCUT2D eigenvalue weighted by Crippen LogP contribution is -2.07. The van der Waals surface area contributed by atoms with Gasteiger partial charge in [0, 0.05) is 24.1 Å². The van der Waals surface area contributed by atoms with Crippen LogP contribution < -0.4 is 5.32 Å². The summed E-state index contributed by atoms with van der Waals surface area (Å²) in [5, 5.41) is 2.94. The van der Waals surface area contributed by atoms with Gasteiger partial charge in [-0.25, -0.2) is 9.37 Å². The zero-order chi connectivity index (χ0) is 18.5. The largest absolute Gasteiger partial charge is 0.298 e. The summed E-state index contributed by atoms with van der Waals surface area (Å²) in [4.78, 5) is 28.8. The van der Waals surface area contributed by atoms with Crippen LogP contribution in [0.1, 0.15) is 22.2 Å². The van der Waals surface area contributed by atoms with Crippen molar-refractivity contribution in [3.63, 3.8) is 0 Å². The third-order valence-electron chi connectivity index (χ3n) is 3.54. The summed E-state index contributed by atoms with van der Waals surface area (Å²) < 4.78 is 13.6. The first-order chi connectivity index (χ1) is 12.5. The molecule has 0 aliphatic carbocycles.